The maximum absolute atomic E-state index is 2.45. The van der Waals surface area contributed by atoms with Gasteiger partial charge in [-0.2, -0.15) is 0 Å². The number of hydrogen-bond acceptors (Lipinski definition) is 0. The van der Waals surface area contributed by atoms with Crippen LogP contribution in [0.4, 0.5) is 0 Å². The second kappa shape index (κ2) is 6.23. The summed E-state index contributed by atoms with van der Waals surface area (Å²) >= 11 is 0. The van der Waals surface area contributed by atoms with E-state index in [0.717, 1.165) is 11.8 Å². The van der Waals surface area contributed by atoms with Crippen LogP contribution in [-0.4, -0.2) is 0 Å². The van der Waals surface area contributed by atoms with Crippen molar-refractivity contribution in [2.24, 2.45) is 17.3 Å². The zero-order valence-electron chi connectivity index (χ0n) is 12.2. The lowest BCUT2D eigenvalue weighted by atomic mass is 9.73. The van der Waals surface area contributed by atoms with Crippen LogP contribution in [0.5, 0.6) is 0 Å². The van der Waals surface area contributed by atoms with Crippen LogP contribution >= 0.6 is 0 Å². The Kier molecular flexibility index (Phi) is 5.24. The van der Waals surface area contributed by atoms with Crippen LogP contribution in [0.2, 0.25) is 0 Å². The van der Waals surface area contributed by atoms with E-state index in [9.17, 15) is 0 Å². The average molecular weight is 232 g/mol. The van der Waals surface area contributed by atoms with Crippen molar-refractivity contribution in [3.8, 4) is 0 Å². The molecule has 17 heavy (non-hydrogen) atoms. The Hall–Kier alpha value is -0.780. The van der Waals surface area contributed by atoms with Gasteiger partial charge >= 0.3 is 0 Å². The highest BCUT2D eigenvalue weighted by atomic mass is 14.3. The van der Waals surface area contributed by atoms with Crippen molar-refractivity contribution in [2.45, 2.75) is 53.9 Å². The minimum atomic E-state index is 0.281. The molecule has 0 N–H and O–H groups in total. The van der Waals surface area contributed by atoms with E-state index < -0.39 is 0 Å². The minimum absolute atomic E-state index is 0.281. The first-order valence-electron chi connectivity index (χ1n) is 6.99. The fourth-order valence-electron chi connectivity index (χ4n) is 2.79. The lowest BCUT2D eigenvalue weighted by molar-refractivity contribution is 0.376. The normalized spacial score (nSPS) is 25.0. The second-order valence-electron chi connectivity index (χ2n) is 6.25. The number of hydrogen-bond donors (Lipinski definition) is 0. The van der Waals surface area contributed by atoms with E-state index in [1.54, 1.807) is 0 Å². The molecule has 1 unspecified atom stereocenters. The molecule has 0 aromatic carbocycles. The summed E-state index contributed by atoms with van der Waals surface area (Å²) in [6.07, 6.45) is 15.5. The largest absolute Gasteiger partial charge is 0.0908 e. The van der Waals surface area contributed by atoms with Gasteiger partial charge in [-0.05, 0) is 38.0 Å². The molecule has 1 rings (SSSR count). The summed E-state index contributed by atoms with van der Waals surface area (Å²) in [5, 5.41) is 0. The molecule has 0 heteroatoms. The van der Waals surface area contributed by atoms with Gasteiger partial charge in [-0.15, -0.1) is 0 Å². The second-order valence-corrected chi connectivity index (χ2v) is 6.25. The molecule has 0 fully saturated rings. The Balaban J connectivity index is 2.74. The summed E-state index contributed by atoms with van der Waals surface area (Å²) in [4.78, 5) is 0. The van der Waals surface area contributed by atoms with E-state index in [1.165, 1.54) is 24.8 Å². The van der Waals surface area contributed by atoms with Crippen LogP contribution in [0.3, 0.4) is 0 Å². The topological polar surface area (TPSA) is 0 Å². The third-order valence-electron chi connectivity index (χ3n) is 3.30. The maximum atomic E-state index is 2.45. The molecule has 1 aliphatic carbocycles. The van der Waals surface area contributed by atoms with E-state index in [4.69, 9.17) is 0 Å². The van der Waals surface area contributed by atoms with Crippen molar-refractivity contribution in [3.63, 3.8) is 0 Å². The molecule has 0 saturated heterocycles. The van der Waals surface area contributed by atoms with Crippen molar-refractivity contribution < 1.29 is 0 Å². The van der Waals surface area contributed by atoms with Crippen molar-refractivity contribution in [1.29, 1.82) is 0 Å². The van der Waals surface area contributed by atoms with Gasteiger partial charge in [0.1, 0.15) is 0 Å². The first kappa shape index (κ1) is 14.3. The fraction of sp³-hybridized carbons (Fsp3) is 0.647. The van der Waals surface area contributed by atoms with Gasteiger partial charge in [0.05, 0.1) is 0 Å². The van der Waals surface area contributed by atoms with E-state index in [-0.39, 0.29) is 5.41 Å². The van der Waals surface area contributed by atoms with Crippen LogP contribution < -0.4 is 0 Å². The van der Waals surface area contributed by atoms with E-state index in [2.05, 4.69) is 65.0 Å². The molecule has 1 aliphatic rings. The van der Waals surface area contributed by atoms with Crippen LogP contribution in [-0.2, 0) is 0 Å². The number of rotatable bonds is 5. The van der Waals surface area contributed by atoms with Gasteiger partial charge in [-0.1, -0.05) is 63.6 Å². The predicted molar refractivity (Wildman–Crippen MR) is 78.0 cm³/mol. The third kappa shape index (κ3) is 4.53. The van der Waals surface area contributed by atoms with Crippen molar-refractivity contribution in [1.82, 2.24) is 0 Å². The monoisotopic (exact) mass is 232 g/mol. The molecule has 0 amide bonds. The molecular weight excluding hydrogens is 204 g/mol. The molecule has 0 bridgehead atoms. The quantitative estimate of drug-likeness (QED) is 0.547. The summed E-state index contributed by atoms with van der Waals surface area (Å²) in [5.74, 6) is 1.50. The maximum Gasteiger partial charge on any atom is 0.0101 e. The van der Waals surface area contributed by atoms with Gasteiger partial charge in [0.15, 0.2) is 0 Å². The molecule has 0 nitrogen and oxygen atoms in total. The summed E-state index contributed by atoms with van der Waals surface area (Å²) in [6, 6.07) is 0. The molecule has 0 radical (unpaired) electrons. The highest BCUT2D eigenvalue weighted by molar-refractivity contribution is 5.30. The zero-order valence-corrected chi connectivity index (χ0v) is 12.2. The van der Waals surface area contributed by atoms with Gasteiger partial charge in [0.25, 0.3) is 0 Å². The van der Waals surface area contributed by atoms with Crippen LogP contribution in [0.1, 0.15) is 53.9 Å². The summed E-state index contributed by atoms with van der Waals surface area (Å²) in [5.41, 5.74) is 1.80. The van der Waals surface area contributed by atoms with Gasteiger partial charge in [-0.3, -0.25) is 0 Å². The van der Waals surface area contributed by atoms with Gasteiger partial charge in [0.2, 0.25) is 0 Å². The molecular formula is C17H28. The van der Waals surface area contributed by atoms with E-state index in [1.807, 2.05) is 0 Å². The van der Waals surface area contributed by atoms with Gasteiger partial charge < -0.3 is 0 Å². The fourth-order valence-corrected chi connectivity index (χ4v) is 2.79. The molecule has 0 aromatic heterocycles. The first-order chi connectivity index (χ1) is 7.97. The lowest BCUT2D eigenvalue weighted by Crippen LogP contribution is -2.19. The number of allylic oxidation sites excluding steroid dienone is 6. The van der Waals surface area contributed by atoms with Crippen molar-refractivity contribution in [3.05, 3.63) is 36.0 Å². The zero-order chi connectivity index (χ0) is 12.9. The standard InChI is InChI=1S/C17H28/c1-6-9-17(13-15(4)5)10-7-16(8-11-17)12-14(2)3/h6-10,14-15H,11-13H2,1-5H3. The molecule has 0 spiro atoms. The highest BCUT2D eigenvalue weighted by Crippen LogP contribution is 2.38. The summed E-state index contributed by atoms with van der Waals surface area (Å²) < 4.78 is 0. The van der Waals surface area contributed by atoms with Crippen LogP contribution in [0.25, 0.3) is 0 Å². The van der Waals surface area contributed by atoms with Crippen molar-refractivity contribution >= 4 is 0 Å². The molecule has 96 valence electrons. The smallest absolute Gasteiger partial charge is 0.0101 e. The Bertz CT molecular complexity index is 315. The predicted octanol–water partition coefficient (Wildman–Crippen LogP) is 5.53. The van der Waals surface area contributed by atoms with Gasteiger partial charge in [-0.25, -0.2) is 0 Å². The lowest BCUT2D eigenvalue weighted by Gasteiger charge is -2.31. The SMILES string of the molecule is CC=CC1(CC(C)C)C=CC(CC(C)C)=CC1. The molecule has 1 atom stereocenters. The highest BCUT2D eigenvalue weighted by Gasteiger charge is 2.26. The third-order valence-corrected chi connectivity index (χ3v) is 3.30. The van der Waals surface area contributed by atoms with E-state index in [0.29, 0.717) is 0 Å². The van der Waals surface area contributed by atoms with Gasteiger partial charge in [0, 0.05) is 5.41 Å². The summed E-state index contributed by atoms with van der Waals surface area (Å²) in [6.45, 7) is 11.3. The van der Waals surface area contributed by atoms with Crippen molar-refractivity contribution in [2.75, 3.05) is 0 Å². The van der Waals surface area contributed by atoms with Crippen LogP contribution in [0, 0.1) is 17.3 Å². The Morgan fingerprint density at radius 3 is 2.35 bits per heavy atom. The Morgan fingerprint density at radius 2 is 1.94 bits per heavy atom. The molecule has 0 aromatic rings. The Morgan fingerprint density at radius 1 is 1.24 bits per heavy atom. The van der Waals surface area contributed by atoms with E-state index >= 15 is 0 Å². The summed E-state index contributed by atoms with van der Waals surface area (Å²) in [7, 11) is 0. The Labute approximate surface area is 108 Å². The molecule has 0 saturated carbocycles. The minimum Gasteiger partial charge on any atom is -0.0908 e. The molecule has 0 aliphatic heterocycles. The molecule has 0 heterocycles. The first-order valence-corrected chi connectivity index (χ1v) is 6.99. The average Bonchev–Trinajstić information content (AvgIpc) is 2.20. The van der Waals surface area contributed by atoms with Crippen LogP contribution in [0.15, 0.2) is 36.0 Å².